The highest BCUT2D eigenvalue weighted by molar-refractivity contribution is 5.89. The van der Waals surface area contributed by atoms with E-state index in [-0.39, 0.29) is 30.0 Å². The highest BCUT2D eigenvalue weighted by Crippen LogP contribution is 2.19. The van der Waals surface area contributed by atoms with Gasteiger partial charge < -0.3 is 10.2 Å². The second-order valence-corrected chi connectivity index (χ2v) is 6.82. The van der Waals surface area contributed by atoms with Crippen molar-refractivity contribution in [3.05, 3.63) is 71.0 Å². The van der Waals surface area contributed by atoms with Gasteiger partial charge in [-0.25, -0.2) is 4.39 Å². The Kier molecular flexibility index (Phi) is 5.66. The summed E-state index contributed by atoms with van der Waals surface area (Å²) in [7, 11) is 0. The predicted octanol–water partition coefficient (Wildman–Crippen LogP) is 2.84. The molecule has 2 aromatic carbocycles. The third kappa shape index (κ3) is 4.69. The fourth-order valence-corrected chi connectivity index (χ4v) is 3.12. The van der Waals surface area contributed by atoms with Gasteiger partial charge in [0.15, 0.2) is 0 Å². The van der Waals surface area contributed by atoms with Gasteiger partial charge in [0.2, 0.25) is 11.8 Å². The van der Waals surface area contributed by atoms with Crippen LogP contribution >= 0.6 is 0 Å². The average Bonchev–Trinajstić information content (AvgIpc) is 3.01. The Morgan fingerprint density at radius 2 is 1.77 bits per heavy atom. The van der Waals surface area contributed by atoms with Crippen molar-refractivity contribution in [1.29, 1.82) is 0 Å². The van der Waals surface area contributed by atoms with Crippen molar-refractivity contribution in [3.63, 3.8) is 0 Å². The summed E-state index contributed by atoms with van der Waals surface area (Å²) in [6.45, 7) is 3.47. The number of nitrogens with zero attached hydrogens (tertiary/aromatic N) is 1. The minimum Gasteiger partial charge on any atom is -0.352 e. The molecule has 0 saturated carbocycles. The van der Waals surface area contributed by atoms with Crippen LogP contribution in [-0.2, 0) is 22.6 Å². The number of carbonyl (C=O) groups is 2. The van der Waals surface area contributed by atoms with Gasteiger partial charge in [-0.05, 0) is 36.6 Å². The molecular formula is C21H23FN2O2. The predicted molar refractivity (Wildman–Crippen MR) is 97.8 cm³/mol. The summed E-state index contributed by atoms with van der Waals surface area (Å²) in [6, 6.07) is 14.3. The first kappa shape index (κ1) is 18.1. The second kappa shape index (κ2) is 8.13. The number of rotatable bonds is 6. The summed E-state index contributed by atoms with van der Waals surface area (Å²) in [5, 5.41) is 2.84. The smallest absolute Gasteiger partial charge is 0.225 e. The molecule has 0 bridgehead atoms. The highest BCUT2D eigenvalue weighted by atomic mass is 19.1. The summed E-state index contributed by atoms with van der Waals surface area (Å²) >= 11 is 0. The van der Waals surface area contributed by atoms with E-state index in [1.54, 1.807) is 17.0 Å². The zero-order valence-corrected chi connectivity index (χ0v) is 14.9. The van der Waals surface area contributed by atoms with Crippen LogP contribution in [0.25, 0.3) is 0 Å². The molecule has 1 N–H and O–H groups in total. The molecule has 2 aromatic rings. The number of likely N-dealkylation sites (tertiary alicyclic amines) is 1. The van der Waals surface area contributed by atoms with Gasteiger partial charge in [-0.15, -0.1) is 0 Å². The van der Waals surface area contributed by atoms with Crippen molar-refractivity contribution in [3.8, 4) is 0 Å². The summed E-state index contributed by atoms with van der Waals surface area (Å²) in [5.74, 6) is -0.716. The lowest BCUT2D eigenvalue weighted by Gasteiger charge is -2.16. The Hall–Kier alpha value is -2.69. The van der Waals surface area contributed by atoms with Crippen LogP contribution in [0.2, 0.25) is 0 Å². The van der Waals surface area contributed by atoms with E-state index in [1.165, 1.54) is 23.3 Å². The van der Waals surface area contributed by atoms with Gasteiger partial charge in [0, 0.05) is 26.1 Å². The molecule has 4 nitrogen and oxygen atoms in total. The summed E-state index contributed by atoms with van der Waals surface area (Å²) < 4.78 is 12.9. The minimum atomic E-state index is -0.319. The standard InChI is InChI=1S/C21H23FN2O2/c1-15-2-4-16(5-3-15)10-11-24-14-18(12-20(24)25)21(26)23-13-17-6-8-19(22)9-7-17/h2-9,18H,10-14H2,1H3,(H,23,26). The largest absolute Gasteiger partial charge is 0.352 e. The number of aryl methyl sites for hydroxylation is 1. The van der Waals surface area contributed by atoms with Gasteiger partial charge in [-0.1, -0.05) is 42.0 Å². The molecule has 1 fully saturated rings. The molecular weight excluding hydrogens is 331 g/mol. The van der Waals surface area contributed by atoms with E-state index >= 15 is 0 Å². The lowest BCUT2D eigenvalue weighted by atomic mass is 10.1. The van der Waals surface area contributed by atoms with E-state index < -0.39 is 0 Å². The molecule has 0 spiro atoms. The molecule has 1 aliphatic rings. The number of amides is 2. The van der Waals surface area contributed by atoms with E-state index in [2.05, 4.69) is 29.6 Å². The zero-order valence-electron chi connectivity index (χ0n) is 14.9. The first-order chi connectivity index (χ1) is 12.5. The Morgan fingerprint density at radius 1 is 1.12 bits per heavy atom. The molecule has 26 heavy (non-hydrogen) atoms. The van der Waals surface area contributed by atoms with Crippen LogP contribution in [0.15, 0.2) is 48.5 Å². The maximum absolute atomic E-state index is 12.9. The Balaban J connectivity index is 1.47. The second-order valence-electron chi connectivity index (χ2n) is 6.82. The van der Waals surface area contributed by atoms with E-state index in [9.17, 15) is 14.0 Å². The van der Waals surface area contributed by atoms with Crippen molar-refractivity contribution in [2.75, 3.05) is 13.1 Å². The van der Waals surface area contributed by atoms with Crippen molar-refractivity contribution >= 4 is 11.8 Å². The molecule has 0 aromatic heterocycles. The molecule has 1 aliphatic heterocycles. The van der Waals surface area contributed by atoms with Gasteiger partial charge >= 0.3 is 0 Å². The molecule has 3 rings (SSSR count). The van der Waals surface area contributed by atoms with E-state index in [1.807, 2.05) is 6.92 Å². The minimum absolute atomic E-state index is 0.0269. The number of benzene rings is 2. The number of hydrogen-bond donors (Lipinski definition) is 1. The molecule has 2 amide bonds. The van der Waals surface area contributed by atoms with Gasteiger partial charge in [-0.2, -0.15) is 0 Å². The van der Waals surface area contributed by atoms with Gasteiger partial charge in [0.05, 0.1) is 5.92 Å². The summed E-state index contributed by atoms with van der Waals surface area (Å²) in [5.41, 5.74) is 3.23. The Morgan fingerprint density at radius 3 is 2.46 bits per heavy atom. The first-order valence-electron chi connectivity index (χ1n) is 8.87. The number of halogens is 1. The summed E-state index contributed by atoms with van der Waals surface area (Å²) in [6.07, 6.45) is 1.04. The van der Waals surface area contributed by atoms with Gasteiger partial charge in [-0.3, -0.25) is 9.59 Å². The topological polar surface area (TPSA) is 49.4 Å². The third-order valence-electron chi connectivity index (χ3n) is 4.76. The zero-order chi connectivity index (χ0) is 18.5. The van der Waals surface area contributed by atoms with Crippen molar-refractivity contribution in [1.82, 2.24) is 10.2 Å². The number of hydrogen-bond acceptors (Lipinski definition) is 2. The maximum atomic E-state index is 12.9. The van der Waals surface area contributed by atoms with E-state index in [4.69, 9.17) is 0 Å². The fourth-order valence-electron chi connectivity index (χ4n) is 3.12. The molecule has 5 heteroatoms. The van der Waals surface area contributed by atoms with Crippen LogP contribution < -0.4 is 5.32 Å². The van der Waals surface area contributed by atoms with E-state index in [0.717, 1.165) is 12.0 Å². The molecule has 0 aliphatic carbocycles. The van der Waals surface area contributed by atoms with Crippen LogP contribution in [0.5, 0.6) is 0 Å². The maximum Gasteiger partial charge on any atom is 0.225 e. The quantitative estimate of drug-likeness (QED) is 0.867. The molecule has 1 unspecified atom stereocenters. The SMILES string of the molecule is Cc1ccc(CCN2CC(C(=O)NCc3ccc(F)cc3)CC2=O)cc1. The Bertz CT molecular complexity index is 772. The molecule has 1 atom stereocenters. The fraction of sp³-hybridized carbons (Fsp3) is 0.333. The van der Waals surface area contributed by atoms with E-state index in [0.29, 0.717) is 19.6 Å². The number of nitrogens with one attached hydrogen (secondary N) is 1. The third-order valence-corrected chi connectivity index (χ3v) is 4.76. The van der Waals surface area contributed by atoms with Gasteiger partial charge in [0.25, 0.3) is 0 Å². The van der Waals surface area contributed by atoms with Crippen molar-refractivity contribution < 1.29 is 14.0 Å². The molecule has 1 saturated heterocycles. The lowest BCUT2D eigenvalue weighted by Crippen LogP contribution is -2.33. The Labute approximate surface area is 153 Å². The van der Waals surface area contributed by atoms with Gasteiger partial charge in [0.1, 0.15) is 5.82 Å². The molecule has 0 radical (unpaired) electrons. The molecule has 1 heterocycles. The monoisotopic (exact) mass is 354 g/mol. The normalized spacial score (nSPS) is 16.8. The van der Waals surface area contributed by atoms with Crippen LogP contribution in [0.4, 0.5) is 4.39 Å². The van der Waals surface area contributed by atoms with Crippen LogP contribution in [0.3, 0.4) is 0 Å². The van der Waals surface area contributed by atoms with Crippen LogP contribution in [0, 0.1) is 18.7 Å². The van der Waals surface area contributed by atoms with Crippen molar-refractivity contribution in [2.24, 2.45) is 5.92 Å². The van der Waals surface area contributed by atoms with Crippen LogP contribution in [-0.4, -0.2) is 29.8 Å². The average molecular weight is 354 g/mol. The van der Waals surface area contributed by atoms with Crippen molar-refractivity contribution in [2.45, 2.75) is 26.3 Å². The van der Waals surface area contributed by atoms with Crippen LogP contribution in [0.1, 0.15) is 23.1 Å². The molecule has 136 valence electrons. The first-order valence-corrected chi connectivity index (χ1v) is 8.87. The number of carbonyl (C=O) groups excluding carboxylic acids is 2. The highest BCUT2D eigenvalue weighted by Gasteiger charge is 2.33. The lowest BCUT2D eigenvalue weighted by molar-refractivity contribution is -0.129. The summed E-state index contributed by atoms with van der Waals surface area (Å²) in [4.78, 5) is 26.3.